The Morgan fingerprint density at radius 2 is 1.80 bits per heavy atom. The van der Waals surface area contributed by atoms with E-state index in [1.54, 1.807) is 67.6 Å². The number of allylic oxidation sites excluding steroid dienone is 1. The third kappa shape index (κ3) is 6.67. The van der Waals surface area contributed by atoms with Crippen molar-refractivity contribution in [2.45, 2.75) is 39.3 Å². The van der Waals surface area contributed by atoms with Crippen LogP contribution in [0.1, 0.15) is 49.4 Å². The van der Waals surface area contributed by atoms with Crippen molar-refractivity contribution in [3.05, 3.63) is 119 Å². The van der Waals surface area contributed by atoms with Crippen molar-refractivity contribution in [2.24, 2.45) is 4.99 Å². The molecule has 1 aliphatic heterocycles. The summed E-state index contributed by atoms with van der Waals surface area (Å²) < 4.78 is 38.5. The maximum atomic E-state index is 14.1. The number of benzene rings is 3. The van der Waals surface area contributed by atoms with Gasteiger partial charge in [0, 0.05) is 16.1 Å². The molecule has 0 fully saturated rings. The van der Waals surface area contributed by atoms with Crippen LogP contribution in [0.4, 0.5) is 4.39 Å². The molecule has 0 saturated heterocycles. The number of nitrogens with zero attached hydrogens (tertiary/aromatic N) is 2. The molecule has 5 rings (SSSR count). The van der Waals surface area contributed by atoms with Gasteiger partial charge in [-0.05, 0) is 61.4 Å². The first-order valence-electron chi connectivity index (χ1n) is 14.4. The number of fused-ring (bicyclic) bond motifs is 1. The lowest BCUT2D eigenvalue weighted by Gasteiger charge is -2.27. The molecular weight excluding hydrogens is 619 g/mol. The van der Waals surface area contributed by atoms with Gasteiger partial charge in [-0.2, -0.15) is 0 Å². The summed E-state index contributed by atoms with van der Waals surface area (Å²) in [5, 5.41) is 0.426. The Morgan fingerprint density at radius 3 is 2.51 bits per heavy atom. The number of rotatable bonds is 11. The Balaban J connectivity index is 1.62. The fraction of sp³-hybridized carbons (Fsp3) is 0.265. The van der Waals surface area contributed by atoms with Gasteiger partial charge in [0.25, 0.3) is 5.56 Å². The third-order valence-corrected chi connectivity index (χ3v) is 8.42. The highest BCUT2D eigenvalue weighted by atomic mass is 35.5. The topological polar surface area (TPSA) is 88.4 Å². The summed E-state index contributed by atoms with van der Waals surface area (Å²) in [6.07, 6.45) is 2.96. The molecule has 0 radical (unpaired) electrons. The molecule has 0 N–H and O–H groups in total. The second-order valence-electron chi connectivity index (χ2n) is 10.1. The quantitative estimate of drug-likeness (QED) is 0.186. The van der Waals surface area contributed by atoms with Crippen LogP contribution in [-0.4, -0.2) is 31.4 Å². The van der Waals surface area contributed by atoms with Crippen molar-refractivity contribution < 1.29 is 28.1 Å². The van der Waals surface area contributed by atoms with Crippen LogP contribution in [0.5, 0.6) is 17.2 Å². The van der Waals surface area contributed by atoms with E-state index >= 15 is 0 Å². The van der Waals surface area contributed by atoms with Crippen LogP contribution < -0.4 is 29.1 Å². The van der Waals surface area contributed by atoms with Crippen LogP contribution in [0.2, 0.25) is 5.02 Å². The van der Waals surface area contributed by atoms with Crippen molar-refractivity contribution in [3.63, 3.8) is 0 Å². The number of hydrogen-bond donors (Lipinski definition) is 0. The zero-order chi connectivity index (χ0) is 32.1. The lowest BCUT2D eigenvalue weighted by Crippen LogP contribution is -2.40. The van der Waals surface area contributed by atoms with Crippen molar-refractivity contribution in [3.8, 4) is 17.2 Å². The Labute approximate surface area is 268 Å². The Kier molecular flexibility index (Phi) is 10.0. The van der Waals surface area contributed by atoms with Gasteiger partial charge in [-0.15, -0.1) is 0 Å². The van der Waals surface area contributed by atoms with E-state index in [-0.39, 0.29) is 30.2 Å². The third-order valence-electron chi connectivity index (χ3n) is 7.20. The van der Waals surface area contributed by atoms with Gasteiger partial charge in [0.05, 0.1) is 36.6 Å². The van der Waals surface area contributed by atoms with E-state index in [9.17, 15) is 14.0 Å². The summed E-state index contributed by atoms with van der Waals surface area (Å²) in [6.45, 7) is 3.91. The molecule has 11 heteroatoms. The zero-order valence-electron chi connectivity index (χ0n) is 25.3. The average molecular weight is 651 g/mol. The molecule has 0 unspecified atom stereocenters. The molecule has 0 spiro atoms. The van der Waals surface area contributed by atoms with E-state index in [0.29, 0.717) is 60.4 Å². The highest BCUT2D eigenvalue weighted by Gasteiger charge is 2.36. The number of thiazole rings is 1. The molecule has 0 amide bonds. The summed E-state index contributed by atoms with van der Waals surface area (Å²) in [7, 11) is 3.03. The maximum Gasteiger partial charge on any atom is 0.338 e. The minimum atomic E-state index is -0.874. The number of esters is 1. The molecule has 0 saturated carbocycles. The number of ether oxygens (including phenoxy) is 4. The monoisotopic (exact) mass is 650 g/mol. The predicted molar refractivity (Wildman–Crippen MR) is 171 cm³/mol. The van der Waals surface area contributed by atoms with Gasteiger partial charge in [-0.3, -0.25) is 9.36 Å². The number of halogens is 2. The van der Waals surface area contributed by atoms with Crippen molar-refractivity contribution in [1.82, 2.24) is 4.57 Å². The molecule has 8 nitrogen and oxygen atoms in total. The average Bonchev–Trinajstić information content (AvgIpc) is 3.34. The number of methoxy groups -OCH3 is 2. The molecule has 4 aromatic rings. The molecule has 234 valence electrons. The SMILES string of the molecule is CCCC1=C(C(=O)OCC)[C@@H](c2cc(Cl)ccc2OC)n2c(s/c(=C/c3ccc(OCc4ccccc4F)c(OC)c3)c2=O)=N1. The summed E-state index contributed by atoms with van der Waals surface area (Å²) >= 11 is 7.63. The molecule has 1 aliphatic rings. The van der Waals surface area contributed by atoms with Crippen molar-refractivity contribution in [2.75, 3.05) is 20.8 Å². The van der Waals surface area contributed by atoms with E-state index in [2.05, 4.69) is 0 Å². The molecular formula is C34H32ClFN2O6S. The second-order valence-corrected chi connectivity index (χ2v) is 11.5. The van der Waals surface area contributed by atoms with Gasteiger partial charge < -0.3 is 18.9 Å². The summed E-state index contributed by atoms with van der Waals surface area (Å²) in [6, 6.07) is 15.8. The normalized spacial score (nSPS) is 14.5. The maximum absolute atomic E-state index is 14.1. The lowest BCUT2D eigenvalue weighted by molar-refractivity contribution is -0.139. The van der Waals surface area contributed by atoms with Gasteiger partial charge in [0.15, 0.2) is 16.3 Å². The Bertz CT molecular complexity index is 1950. The number of aromatic nitrogens is 1. The van der Waals surface area contributed by atoms with E-state index in [1.165, 1.54) is 36.2 Å². The lowest BCUT2D eigenvalue weighted by atomic mass is 9.93. The minimum Gasteiger partial charge on any atom is -0.496 e. The molecule has 2 heterocycles. The Hall–Kier alpha value is -4.41. The molecule has 0 aliphatic carbocycles. The first-order valence-corrected chi connectivity index (χ1v) is 15.6. The molecule has 1 atom stereocenters. The smallest absolute Gasteiger partial charge is 0.338 e. The number of carbonyl (C=O) groups is 1. The van der Waals surface area contributed by atoms with Gasteiger partial charge in [-0.25, -0.2) is 14.2 Å². The second kappa shape index (κ2) is 14.1. The van der Waals surface area contributed by atoms with E-state index < -0.39 is 12.0 Å². The fourth-order valence-corrected chi connectivity index (χ4v) is 6.35. The number of hydrogen-bond acceptors (Lipinski definition) is 8. The van der Waals surface area contributed by atoms with Crippen LogP contribution in [0.15, 0.2) is 81.7 Å². The molecule has 0 bridgehead atoms. The van der Waals surface area contributed by atoms with Crippen LogP contribution >= 0.6 is 22.9 Å². The van der Waals surface area contributed by atoms with E-state index in [4.69, 9.17) is 35.5 Å². The predicted octanol–water partition coefficient (Wildman–Crippen LogP) is 5.97. The van der Waals surface area contributed by atoms with Crippen molar-refractivity contribution in [1.29, 1.82) is 0 Å². The van der Waals surface area contributed by atoms with Gasteiger partial charge in [-0.1, -0.05) is 60.5 Å². The first kappa shape index (κ1) is 32.0. The summed E-state index contributed by atoms with van der Waals surface area (Å²) in [4.78, 5) is 32.8. The number of carbonyl (C=O) groups excluding carboxylic acids is 1. The van der Waals surface area contributed by atoms with Crippen molar-refractivity contribution >= 4 is 35.0 Å². The highest BCUT2D eigenvalue weighted by molar-refractivity contribution is 7.07. The van der Waals surface area contributed by atoms with E-state index in [1.807, 2.05) is 6.92 Å². The van der Waals surface area contributed by atoms with Gasteiger partial charge in [0.1, 0.15) is 24.2 Å². The molecule has 45 heavy (non-hydrogen) atoms. The zero-order valence-corrected chi connectivity index (χ0v) is 26.8. The van der Waals surface area contributed by atoms with Crippen LogP contribution in [0.25, 0.3) is 6.08 Å². The largest absolute Gasteiger partial charge is 0.496 e. The van der Waals surface area contributed by atoms with Gasteiger partial charge >= 0.3 is 5.97 Å². The Morgan fingerprint density at radius 1 is 1.04 bits per heavy atom. The molecule has 1 aromatic heterocycles. The summed E-state index contributed by atoms with van der Waals surface area (Å²) in [5.41, 5.74) is 2.11. The first-order chi connectivity index (χ1) is 21.8. The fourth-order valence-electron chi connectivity index (χ4n) is 5.15. The standard InChI is InChI=1S/C34H32ClFN2O6S/c1-5-9-25-30(33(40)43-6-2)31(23-18-22(35)13-15-26(23)41-3)38-32(39)29(45-34(38)37-25)17-20-12-14-27(28(16-20)42-4)44-19-21-10-7-8-11-24(21)36/h7-8,10-18,31H,5-6,9,19H2,1-4H3/b29-17+/t31-/m1/s1. The van der Waals surface area contributed by atoms with Crippen LogP contribution in [0, 0.1) is 5.82 Å². The highest BCUT2D eigenvalue weighted by Crippen LogP contribution is 2.38. The minimum absolute atomic E-state index is 0.0246. The summed E-state index contributed by atoms with van der Waals surface area (Å²) in [5.74, 6) is 0.404. The van der Waals surface area contributed by atoms with Crippen LogP contribution in [0.3, 0.4) is 0 Å². The van der Waals surface area contributed by atoms with Gasteiger partial charge in [0.2, 0.25) is 0 Å². The van der Waals surface area contributed by atoms with E-state index in [0.717, 1.165) is 6.42 Å². The van der Waals surface area contributed by atoms with Crippen LogP contribution in [-0.2, 0) is 16.1 Å². The molecule has 3 aromatic carbocycles.